The average molecular weight is 363 g/mol. The highest BCUT2D eigenvalue weighted by atomic mass is 35.5. The zero-order chi connectivity index (χ0) is 17.9. The van der Waals surface area contributed by atoms with E-state index in [1.807, 2.05) is 23.6 Å². The Morgan fingerprint density at radius 1 is 1.38 bits per heavy atom. The van der Waals surface area contributed by atoms with Crippen molar-refractivity contribution in [1.82, 2.24) is 4.57 Å². The van der Waals surface area contributed by atoms with Crippen LogP contribution in [0.25, 0.3) is 10.9 Å². The van der Waals surface area contributed by atoms with E-state index in [9.17, 15) is 10.1 Å². The van der Waals surface area contributed by atoms with Crippen LogP contribution in [0.15, 0.2) is 18.2 Å². The van der Waals surface area contributed by atoms with Crippen LogP contribution in [-0.4, -0.2) is 30.9 Å². The van der Waals surface area contributed by atoms with Gasteiger partial charge in [-0.2, -0.15) is 5.26 Å². The third-order valence-electron chi connectivity index (χ3n) is 4.10. The summed E-state index contributed by atoms with van der Waals surface area (Å²) in [6.07, 6.45) is 0. The first-order chi connectivity index (χ1) is 11.3. The molecule has 1 aromatic heterocycles. The number of hydrogen-bond donors (Lipinski definition) is 0. The normalized spacial score (nSPS) is 11.7. The van der Waals surface area contributed by atoms with Crippen molar-refractivity contribution in [3.05, 3.63) is 35.0 Å². The van der Waals surface area contributed by atoms with Crippen molar-refractivity contribution in [2.45, 2.75) is 39.3 Å². The van der Waals surface area contributed by atoms with E-state index in [1.54, 1.807) is 6.07 Å². The standard InChI is InChI=1S/C18H23ClN2O2Si/c1-13-14(11-20)5-6-16-15(13)9-17(18(22)10-19)21(16)12-23-7-8-24(2,3)4/h5-6,9H,7-8,10,12H2,1-4H3. The summed E-state index contributed by atoms with van der Waals surface area (Å²) in [7, 11) is -1.15. The van der Waals surface area contributed by atoms with E-state index in [0.29, 0.717) is 24.6 Å². The quantitative estimate of drug-likeness (QED) is 0.314. The molecule has 0 saturated heterocycles. The second kappa shape index (κ2) is 7.52. The Bertz CT molecular complexity index is 800. The van der Waals surface area contributed by atoms with Crippen molar-refractivity contribution in [2.75, 3.05) is 12.5 Å². The zero-order valence-corrected chi connectivity index (χ0v) is 16.4. The highest BCUT2D eigenvalue weighted by Gasteiger charge is 2.18. The van der Waals surface area contributed by atoms with Crippen LogP contribution in [0.1, 0.15) is 21.6 Å². The Morgan fingerprint density at radius 2 is 2.08 bits per heavy atom. The minimum atomic E-state index is -1.15. The van der Waals surface area contributed by atoms with Gasteiger partial charge in [0.2, 0.25) is 0 Å². The summed E-state index contributed by atoms with van der Waals surface area (Å²) in [4.78, 5) is 12.2. The fraction of sp³-hybridized carbons (Fsp3) is 0.444. The number of halogens is 1. The molecule has 0 radical (unpaired) electrons. The highest BCUT2D eigenvalue weighted by molar-refractivity contribution is 6.76. The van der Waals surface area contributed by atoms with Crippen LogP contribution >= 0.6 is 11.6 Å². The molecule has 0 aliphatic rings. The Labute approximate surface area is 149 Å². The van der Waals surface area contributed by atoms with Gasteiger partial charge in [-0.15, -0.1) is 11.6 Å². The SMILES string of the molecule is Cc1c(C#N)ccc2c1cc(C(=O)CCl)n2COCC[Si](C)(C)C. The molecule has 0 N–H and O–H groups in total. The molecule has 1 heterocycles. The van der Waals surface area contributed by atoms with Gasteiger partial charge in [-0.3, -0.25) is 4.79 Å². The molecule has 0 amide bonds. The topological polar surface area (TPSA) is 55.0 Å². The average Bonchev–Trinajstić information content (AvgIpc) is 2.90. The first-order valence-corrected chi connectivity index (χ1v) is 12.2. The molecule has 2 rings (SSSR count). The summed E-state index contributed by atoms with van der Waals surface area (Å²) in [5.74, 6) is -0.213. The van der Waals surface area contributed by atoms with Gasteiger partial charge in [-0.25, -0.2) is 0 Å². The number of ketones is 1. The van der Waals surface area contributed by atoms with E-state index in [4.69, 9.17) is 16.3 Å². The molecule has 0 aliphatic heterocycles. The third-order valence-corrected chi connectivity index (χ3v) is 6.05. The number of hydrogen-bond acceptors (Lipinski definition) is 3. The van der Waals surface area contributed by atoms with Crippen molar-refractivity contribution >= 4 is 36.4 Å². The summed E-state index contributed by atoms with van der Waals surface area (Å²) >= 11 is 5.76. The van der Waals surface area contributed by atoms with Crippen LogP contribution in [0.5, 0.6) is 0 Å². The molecule has 4 nitrogen and oxygen atoms in total. The summed E-state index contributed by atoms with van der Waals surface area (Å²) in [6, 6.07) is 8.72. The van der Waals surface area contributed by atoms with Gasteiger partial charge in [0, 0.05) is 20.1 Å². The number of fused-ring (bicyclic) bond motifs is 1. The summed E-state index contributed by atoms with van der Waals surface area (Å²) < 4.78 is 7.69. The number of aryl methyl sites for hydroxylation is 1. The van der Waals surface area contributed by atoms with Crippen LogP contribution in [0.3, 0.4) is 0 Å². The fourth-order valence-corrected chi connectivity index (χ4v) is 3.46. The minimum Gasteiger partial charge on any atom is -0.361 e. The summed E-state index contributed by atoms with van der Waals surface area (Å²) in [6.45, 7) is 9.80. The number of rotatable bonds is 7. The van der Waals surface area contributed by atoms with Crippen molar-refractivity contribution in [2.24, 2.45) is 0 Å². The van der Waals surface area contributed by atoms with Gasteiger partial charge in [-0.05, 0) is 36.7 Å². The van der Waals surface area contributed by atoms with Crippen molar-refractivity contribution in [1.29, 1.82) is 5.26 Å². The Kier molecular flexibility index (Phi) is 5.86. The second-order valence-corrected chi connectivity index (χ2v) is 13.0. The second-order valence-electron chi connectivity index (χ2n) is 7.15. The van der Waals surface area contributed by atoms with E-state index in [-0.39, 0.29) is 11.7 Å². The predicted octanol–water partition coefficient (Wildman–Crippen LogP) is 4.56. The molecule has 6 heteroatoms. The van der Waals surface area contributed by atoms with Gasteiger partial charge in [0.05, 0.1) is 28.7 Å². The summed E-state index contributed by atoms with van der Waals surface area (Å²) in [5, 5.41) is 10.1. The minimum absolute atomic E-state index is 0.0740. The first-order valence-electron chi connectivity index (χ1n) is 7.98. The molecule has 0 spiro atoms. The lowest BCUT2D eigenvalue weighted by Gasteiger charge is -2.16. The fourth-order valence-electron chi connectivity index (χ4n) is 2.57. The lowest BCUT2D eigenvalue weighted by molar-refractivity contribution is 0.0836. The molecule has 0 fully saturated rings. The van der Waals surface area contributed by atoms with E-state index in [0.717, 1.165) is 22.5 Å². The Hall–Kier alpha value is -1.61. The number of benzene rings is 1. The molecule has 2 aromatic rings. The largest absolute Gasteiger partial charge is 0.361 e. The lowest BCUT2D eigenvalue weighted by atomic mass is 10.1. The number of nitrogens with zero attached hydrogens (tertiary/aromatic N) is 2. The van der Waals surface area contributed by atoms with E-state index in [1.165, 1.54) is 0 Å². The number of ether oxygens (including phenoxy) is 1. The highest BCUT2D eigenvalue weighted by Crippen LogP contribution is 2.26. The van der Waals surface area contributed by atoms with Crippen molar-refractivity contribution < 1.29 is 9.53 Å². The molecule has 0 bridgehead atoms. The molecule has 0 atom stereocenters. The zero-order valence-electron chi connectivity index (χ0n) is 14.6. The Morgan fingerprint density at radius 3 is 2.67 bits per heavy atom. The predicted molar refractivity (Wildman–Crippen MR) is 101 cm³/mol. The first kappa shape index (κ1) is 18.7. The van der Waals surface area contributed by atoms with E-state index in [2.05, 4.69) is 25.7 Å². The van der Waals surface area contributed by atoms with Gasteiger partial charge < -0.3 is 9.30 Å². The van der Waals surface area contributed by atoms with Crippen molar-refractivity contribution in [3.8, 4) is 6.07 Å². The van der Waals surface area contributed by atoms with Crippen LogP contribution in [-0.2, 0) is 11.5 Å². The summed E-state index contributed by atoms with van der Waals surface area (Å²) in [5.41, 5.74) is 2.92. The number of Topliss-reactive ketones (excluding diaryl/α,β-unsaturated/α-hetero) is 1. The molecule has 0 aliphatic carbocycles. The number of carbonyl (C=O) groups excluding carboxylic acids is 1. The van der Waals surface area contributed by atoms with Crippen LogP contribution in [0.2, 0.25) is 25.7 Å². The number of aromatic nitrogens is 1. The smallest absolute Gasteiger partial charge is 0.194 e. The molecular formula is C18H23ClN2O2Si. The Balaban J connectivity index is 2.37. The van der Waals surface area contributed by atoms with Gasteiger partial charge in [-0.1, -0.05) is 19.6 Å². The maximum absolute atomic E-state index is 12.2. The van der Waals surface area contributed by atoms with Gasteiger partial charge in [0.1, 0.15) is 6.73 Å². The molecule has 1 aromatic carbocycles. The van der Waals surface area contributed by atoms with Gasteiger partial charge >= 0.3 is 0 Å². The lowest BCUT2D eigenvalue weighted by Crippen LogP contribution is -2.22. The van der Waals surface area contributed by atoms with Crippen molar-refractivity contribution in [3.63, 3.8) is 0 Å². The molecule has 128 valence electrons. The molecule has 0 saturated carbocycles. The number of nitriles is 1. The molecule has 24 heavy (non-hydrogen) atoms. The monoisotopic (exact) mass is 362 g/mol. The number of carbonyl (C=O) groups is 1. The maximum Gasteiger partial charge on any atom is 0.194 e. The van der Waals surface area contributed by atoms with Crippen LogP contribution in [0, 0.1) is 18.3 Å². The van der Waals surface area contributed by atoms with Crippen LogP contribution in [0.4, 0.5) is 0 Å². The number of alkyl halides is 1. The van der Waals surface area contributed by atoms with Gasteiger partial charge in [0.25, 0.3) is 0 Å². The maximum atomic E-state index is 12.2. The van der Waals surface area contributed by atoms with Gasteiger partial charge in [0.15, 0.2) is 5.78 Å². The van der Waals surface area contributed by atoms with E-state index < -0.39 is 8.07 Å². The molecular weight excluding hydrogens is 340 g/mol. The third kappa shape index (κ3) is 4.07. The molecule has 0 unspecified atom stereocenters. The van der Waals surface area contributed by atoms with E-state index >= 15 is 0 Å². The van der Waals surface area contributed by atoms with Crippen LogP contribution < -0.4 is 0 Å².